The molecule has 0 amide bonds. The van der Waals surface area contributed by atoms with Gasteiger partial charge in [-0.15, -0.1) is 0 Å². The van der Waals surface area contributed by atoms with E-state index in [0.29, 0.717) is 12.1 Å². The Morgan fingerprint density at radius 3 is 2.94 bits per heavy atom. The molecule has 1 aliphatic heterocycles. The van der Waals surface area contributed by atoms with Crippen LogP contribution in [0, 0.1) is 0 Å². The third kappa shape index (κ3) is 3.22. The van der Waals surface area contributed by atoms with Crippen molar-refractivity contribution < 1.29 is 0 Å². The van der Waals surface area contributed by atoms with Gasteiger partial charge in [0.15, 0.2) is 14.8 Å². The Bertz CT molecular complexity index is 1320. The van der Waals surface area contributed by atoms with Gasteiger partial charge in [0, 0.05) is 43.1 Å². The molecule has 158 valence electrons. The SMILES string of the molecule is C[C@@H]1C[C@@H](N(C)c2nc3sc(-c4ncc(-n5ccnc5)c5cc[nH]c45)nc3s2)CCN1. The molecule has 0 unspecified atom stereocenters. The van der Waals surface area contributed by atoms with Crippen LogP contribution in [0.1, 0.15) is 19.8 Å². The fourth-order valence-electron chi connectivity index (χ4n) is 4.31. The zero-order chi connectivity index (χ0) is 20.9. The van der Waals surface area contributed by atoms with E-state index in [2.05, 4.69) is 40.2 Å². The van der Waals surface area contributed by atoms with E-state index >= 15 is 0 Å². The number of piperidine rings is 1. The number of fused-ring (bicyclic) bond motifs is 2. The third-order valence-electron chi connectivity index (χ3n) is 5.97. The smallest absolute Gasteiger partial charge is 0.188 e. The largest absolute Gasteiger partial charge is 0.359 e. The number of nitrogens with one attached hydrogen (secondary N) is 2. The Morgan fingerprint density at radius 2 is 2.13 bits per heavy atom. The third-order valence-corrected chi connectivity index (χ3v) is 8.10. The van der Waals surface area contributed by atoms with Gasteiger partial charge in [0.05, 0.1) is 23.7 Å². The highest BCUT2D eigenvalue weighted by molar-refractivity contribution is 7.29. The maximum absolute atomic E-state index is 4.91. The summed E-state index contributed by atoms with van der Waals surface area (Å²) in [7, 11) is 2.16. The average Bonchev–Trinajstić information content (AvgIpc) is 3.56. The summed E-state index contributed by atoms with van der Waals surface area (Å²) >= 11 is 3.27. The molecular weight excluding hydrogens is 428 g/mol. The highest BCUT2D eigenvalue weighted by atomic mass is 32.1. The Hall–Kier alpha value is -2.82. The van der Waals surface area contributed by atoms with Crippen molar-refractivity contribution in [1.82, 2.24) is 34.8 Å². The van der Waals surface area contributed by atoms with Crippen molar-refractivity contribution in [2.45, 2.75) is 31.8 Å². The number of pyridine rings is 1. The molecule has 0 spiro atoms. The van der Waals surface area contributed by atoms with Gasteiger partial charge in [0.1, 0.15) is 10.7 Å². The maximum Gasteiger partial charge on any atom is 0.188 e. The number of hydrogen-bond acceptors (Lipinski definition) is 8. The molecule has 0 bridgehead atoms. The monoisotopic (exact) mass is 450 g/mol. The average molecular weight is 451 g/mol. The first-order valence-electron chi connectivity index (χ1n) is 10.4. The Morgan fingerprint density at radius 1 is 1.23 bits per heavy atom. The summed E-state index contributed by atoms with van der Waals surface area (Å²) in [5.41, 5.74) is 2.84. The summed E-state index contributed by atoms with van der Waals surface area (Å²) in [6.07, 6.45) is 11.6. The molecule has 0 saturated carbocycles. The van der Waals surface area contributed by atoms with E-state index in [9.17, 15) is 0 Å². The molecule has 0 radical (unpaired) electrons. The maximum atomic E-state index is 4.91. The number of hydrogen-bond donors (Lipinski definition) is 2. The summed E-state index contributed by atoms with van der Waals surface area (Å²) in [6.45, 7) is 3.31. The summed E-state index contributed by atoms with van der Waals surface area (Å²) < 4.78 is 1.97. The first-order chi connectivity index (χ1) is 15.2. The zero-order valence-corrected chi connectivity index (χ0v) is 18.9. The number of H-pyrrole nitrogens is 1. The summed E-state index contributed by atoms with van der Waals surface area (Å²) in [5.74, 6) is 0. The molecule has 6 heterocycles. The molecule has 6 rings (SSSR count). The van der Waals surface area contributed by atoms with Crippen LogP contribution in [0.4, 0.5) is 5.13 Å². The van der Waals surface area contributed by atoms with Crippen LogP contribution in [0.2, 0.25) is 0 Å². The van der Waals surface area contributed by atoms with Crippen molar-refractivity contribution >= 4 is 48.4 Å². The fourth-order valence-corrected chi connectivity index (χ4v) is 6.38. The quantitative estimate of drug-likeness (QED) is 0.429. The molecule has 5 aromatic heterocycles. The van der Waals surface area contributed by atoms with Gasteiger partial charge in [-0.3, -0.25) is 0 Å². The number of thiazole rings is 2. The van der Waals surface area contributed by atoms with Crippen molar-refractivity contribution in [3.05, 3.63) is 37.2 Å². The predicted molar refractivity (Wildman–Crippen MR) is 126 cm³/mol. The second kappa shape index (κ2) is 7.40. The standard InChI is InChI=1S/C21H22N8S2/c1-12-9-13(3-5-23-12)28(2)21-27-20-19(31-21)26-18(30-20)17-16-14(4-6-24-16)15(10-25-17)29-8-7-22-11-29/h4,6-8,10-13,23-24H,3,5,9H2,1-2H3/t12-,13+/m1/s1. The second-order valence-corrected chi connectivity index (χ2v) is 9.93. The first kappa shape index (κ1) is 18.9. The lowest BCUT2D eigenvalue weighted by Gasteiger charge is -2.34. The van der Waals surface area contributed by atoms with Gasteiger partial charge >= 0.3 is 0 Å². The number of rotatable bonds is 4. The molecule has 0 aliphatic carbocycles. The van der Waals surface area contributed by atoms with Gasteiger partial charge in [0.25, 0.3) is 0 Å². The molecule has 0 aromatic carbocycles. The van der Waals surface area contributed by atoms with Crippen LogP contribution in [0.3, 0.4) is 0 Å². The molecule has 1 saturated heterocycles. The van der Waals surface area contributed by atoms with Crippen LogP contribution in [0.25, 0.3) is 37.0 Å². The van der Waals surface area contributed by atoms with E-state index in [-0.39, 0.29) is 0 Å². The van der Waals surface area contributed by atoms with Crippen molar-refractivity contribution in [1.29, 1.82) is 0 Å². The Balaban J connectivity index is 1.34. The van der Waals surface area contributed by atoms with E-state index in [4.69, 9.17) is 15.0 Å². The molecule has 5 aromatic rings. The molecule has 1 fully saturated rings. The van der Waals surface area contributed by atoms with Crippen LogP contribution in [0.15, 0.2) is 37.2 Å². The summed E-state index contributed by atoms with van der Waals surface area (Å²) in [4.78, 5) is 26.3. The van der Waals surface area contributed by atoms with Gasteiger partial charge in [-0.2, -0.15) is 0 Å². The lowest BCUT2D eigenvalue weighted by atomic mass is 10.00. The summed E-state index contributed by atoms with van der Waals surface area (Å²) in [6, 6.07) is 3.13. The second-order valence-electron chi connectivity index (χ2n) is 8.00. The highest BCUT2D eigenvalue weighted by Crippen LogP contribution is 2.38. The first-order valence-corrected chi connectivity index (χ1v) is 12.0. The number of nitrogens with zero attached hydrogens (tertiary/aromatic N) is 6. The zero-order valence-electron chi connectivity index (χ0n) is 17.2. The van der Waals surface area contributed by atoms with Gasteiger partial charge < -0.3 is 19.8 Å². The van der Waals surface area contributed by atoms with Gasteiger partial charge in [0.2, 0.25) is 0 Å². The minimum absolute atomic E-state index is 0.520. The van der Waals surface area contributed by atoms with E-state index in [1.54, 1.807) is 35.2 Å². The highest BCUT2D eigenvalue weighted by Gasteiger charge is 2.25. The lowest BCUT2D eigenvalue weighted by Crippen LogP contribution is -2.45. The molecule has 8 nitrogen and oxygen atoms in total. The Labute approximate surface area is 187 Å². The fraction of sp³-hybridized carbons (Fsp3) is 0.333. The van der Waals surface area contributed by atoms with Crippen LogP contribution in [-0.4, -0.2) is 55.2 Å². The Kier molecular flexibility index (Phi) is 4.51. The van der Waals surface area contributed by atoms with Gasteiger partial charge in [-0.1, -0.05) is 22.7 Å². The van der Waals surface area contributed by atoms with Gasteiger partial charge in [-0.05, 0) is 32.4 Å². The van der Waals surface area contributed by atoms with Crippen molar-refractivity contribution in [2.24, 2.45) is 0 Å². The predicted octanol–water partition coefficient (Wildman–Crippen LogP) is 4.06. The van der Waals surface area contributed by atoms with Crippen LogP contribution in [0.5, 0.6) is 0 Å². The van der Waals surface area contributed by atoms with Crippen molar-refractivity contribution in [3.8, 4) is 16.4 Å². The summed E-state index contributed by atoms with van der Waals surface area (Å²) in [5, 5.41) is 6.56. The molecule has 31 heavy (non-hydrogen) atoms. The van der Waals surface area contributed by atoms with E-state index in [1.165, 1.54) is 0 Å². The van der Waals surface area contributed by atoms with E-state index < -0.39 is 0 Å². The molecule has 1 aliphatic rings. The number of aromatic amines is 1. The van der Waals surface area contributed by atoms with E-state index in [0.717, 1.165) is 61.5 Å². The van der Waals surface area contributed by atoms with Crippen LogP contribution in [-0.2, 0) is 0 Å². The minimum Gasteiger partial charge on any atom is -0.359 e. The topological polar surface area (TPSA) is 87.6 Å². The molecule has 10 heteroatoms. The number of aromatic nitrogens is 6. The molecule has 2 atom stereocenters. The number of imidazole rings is 1. The number of anilines is 1. The normalized spacial score (nSPS) is 19.4. The van der Waals surface area contributed by atoms with Gasteiger partial charge in [-0.25, -0.2) is 19.9 Å². The molecular formula is C21H22N8S2. The molecule has 2 N–H and O–H groups in total. The minimum atomic E-state index is 0.520. The van der Waals surface area contributed by atoms with Crippen molar-refractivity contribution in [3.63, 3.8) is 0 Å². The van der Waals surface area contributed by atoms with E-state index in [1.807, 2.05) is 23.2 Å². The van der Waals surface area contributed by atoms with Crippen molar-refractivity contribution in [2.75, 3.05) is 18.5 Å². The van der Waals surface area contributed by atoms with Crippen LogP contribution >= 0.6 is 22.7 Å². The van der Waals surface area contributed by atoms with Crippen LogP contribution < -0.4 is 10.2 Å². The lowest BCUT2D eigenvalue weighted by molar-refractivity contribution is 0.371.